The van der Waals surface area contributed by atoms with Crippen LogP contribution in [0.1, 0.15) is 5.56 Å². The van der Waals surface area contributed by atoms with E-state index in [0.717, 1.165) is 44.1 Å². The quantitative estimate of drug-likeness (QED) is 0.847. The first-order chi connectivity index (χ1) is 11.1. The molecule has 1 N–H and O–H groups in total. The molecular formula is C17H25N3O3. The Morgan fingerprint density at radius 2 is 2.22 bits per heavy atom. The number of rotatable bonds is 5. The summed E-state index contributed by atoms with van der Waals surface area (Å²) in [5.41, 5.74) is 1.12. The number of carbonyl (C=O) groups is 1. The molecule has 6 heteroatoms. The van der Waals surface area contributed by atoms with E-state index >= 15 is 0 Å². The molecule has 1 amide bonds. The summed E-state index contributed by atoms with van der Waals surface area (Å²) in [6.07, 6.45) is 0.284. The molecule has 0 saturated carbocycles. The Morgan fingerprint density at radius 3 is 3.04 bits per heavy atom. The maximum atomic E-state index is 11.7. The van der Waals surface area contributed by atoms with Crippen LogP contribution in [-0.4, -0.2) is 74.8 Å². The number of nitrogens with zero attached hydrogens (tertiary/aromatic N) is 2. The maximum Gasteiger partial charge on any atom is 0.259 e. The number of nitrogens with one attached hydrogen (secondary N) is 1. The van der Waals surface area contributed by atoms with Gasteiger partial charge in [0.15, 0.2) is 6.61 Å². The second-order valence-electron chi connectivity index (χ2n) is 6.29. The molecule has 0 spiro atoms. The highest BCUT2D eigenvalue weighted by Crippen LogP contribution is 2.24. The van der Waals surface area contributed by atoms with Crippen molar-refractivity contribution in [1.29, 1.82) is 0 Å². The molecule has 1 aromatic rings. The summed E-state index contributed by atoms with van der Waals surface area (Å²) < 4.78 is 11.6. The Balaban J connectivity index is 1.66. The van der Waals surface area contributed by atoms with E-state index in [1.165, 1.54) is 0 Å². The van der Waals surface area contributed by atoms with Gasteiger partial charge in [-0.1, -0.05) is 18.2 Å². The average molecular weight is 319 g/mol. The molecule has 0 bridgehead atoms. The van der Waals surface area contributed by atoms with Crippen LogP contribution in [0, 0.1) is 0 Å². The molecule has 2 heterocycles. The predicted molar refractivity (Wildman–Crippen MR) is 87.4 cm³/mol. The SMILES string of the molecule is CN(C)C(=O)COc1ccccc1CN1CCO[C@H]2CNC[C@H]21. The zero-order valence-electron chi connectivity index (χ0n) is 13.8. The van der Waals surface area contributed by atoms with Gasteiger partial charge in [-0.05, 0) is 6.07 Å². The zero-order chi connectivity index (χ0) is 16.2. The Morgan fingerprint density at radius 1 is 1.39 bits per heavy atom. The molecule has 2 saturated heterocycles. The summed E-state index contributed by atoms with van der Waals surface area (Å²) in [6.45, 7) is 4.47. The third-order valence-electron chi connectivity index (χ3n) is 4.50. The highest BCUT2D eigenvalue weighted by molar-refractivity contribution is 5.77. The van der Waals surface area contributed by atoms with Crippen molar-refractivity contribution < 1.29 is 14.3 Å². The first-order valence-electron chi connectivity index (χ1n) is 8.12. The summed E-state index contributed by atoms with van der Waals surface area (Å²) in [5, 5.41) is 3.40. The predicted octanol–water partition coefficient (Wildman–Crippen LogP) is 0.326. The molecule has 1 aromatic carbocycles. The van der Waals surface area contributed by atoms with E-state index in [9.17, 15) is 4.79 Å². The fourth-order valence-electron chi connectivity index (χ4n) is 3.12. The summed E-state index contributed by atoms with van der Waals surface area (Å²) >= 11 is 0. The Labute approximate surface area is 137 Å². The second kappa shape index (κ2) is 7.29. The first kappa shape index (κ1) is 16.2. The number of ether oxygens (including phenoxy) is 2. The molecular weight excluding hydrogens is 294 g/mol. The Bertz CT molecular complexity index is 550. The number of morpholine rings is 1. The van der Waals surface area contributed by atoms with Gasteiger partial charge >= 0.3 is 0 Å². The molecule has 6 nitrogen and oxygen atoms in total. The van der Waals surface area contributed by atoms with Crippen LogP contribution in [0.25, 0.3) is 0 Å². The van der Waals surface area contributed by atoms with Gasteiger partial charge in [-0.15, -0.1) is 0 Å². The van der Waals surface area contributed by atoms with Gasteiger partial charge in [-0.2, -0.15) is 0 Å². The Kier molecular flexibility index (Phi) is 5.15. The Hall–Kier alpha value is -1.63. The molecule has 0 radical (unpaired) electrons. The van der Waals surface area contributed by atoms with E-state index < -0.39 is 0 Å². The zero-order valence-corrected chi connectivity index (χ0v) is 13.8. The van der Waals surface area contributed by atoms with Crippen molar-refractivity contribution in [2.45, 2.75) is 18.7 Å². The third-order valence-corrected chi connectivity index (χ3v) is 4.50. The van der Waals surface area contributed by atoms with Crippen molar-refractivity contribution in [2.24, 2.45) is 0 Å². The van der Waals surface area contributed by atoms with Gasteiger partial charge in [0.05, 0.1) is 12.7 Å². The molecule has 0 aliphatic carbocycles. The molecule has 126 valence electrons. The largest absolute Gasteiger partial charge is 0.483 e. The molecule has 0 unspecified atom stereocenters. The van der Waals surface area contributed by atoms with E-state index in [2.05, 4.69) is 16.3 Å². The standard InChI is InChI=1S/C17H25N3O3/c1-19(2)17(21)12-23-15-6-4-3-5-13(15)11-20-7-8-22-16-10-18-9-14(16)20/h3-6,14,16,18H,7-12H2,1-2H3/t14-,16+/m1/s1. The summed E-state index contributed by atoms with van der Waals surface area (Å²) in [6, 6.07) is 8.38. The van der Waals surface area contributed by atoms with E-state index in [1.54, 1.807) is 19.0 Å². The number of amides is 1. The number of fused-ring (bicyclic) bond motifs is 1. The van der Waals surface area contributed by atoms with Crippen LogP contribution in [0.4, 0.5) is 0 Å². The fourth-order valence-corrected chi connectivity index (χ4v) is 3.12. The number of benzene rings is 1. The molecule has 3 rings (SSSR count). The van der Waals surface area contributed by atoms with Gasteiger partial charge in [0.2, 0.25) is 0 Å². The van der Waals surface area contributed by atoms with Crippen molar-refractivity contribution >= 4 is 5.91 Å². The number of likely N-dealkylation sites (N-methyl/N-ethyl adjacent to an activating group) is 1. The van der Waals surface area contributed by atoms with Gasteiger partial charge in [0.25, 0.3) is 5.91 Å². The van der Waals surface area contributed by atoms with Crippen molar-refractivity contribution in [2.75, 3.05) is 46.9 Å². The minimum atomic E-state index is -0.0359. The molecule has 23 heavy (non-hydrogen) atoms. The van der Waals surface area contributed by atoms with Crippen LogP contribution in [0.2, 0.25) is 0 Å². The van der Waals surface area contributed by atoms with Crippen molar-refractivity contribution in [3.8, 4) is 5.75 Å². The van der Waals surface area contributed by atoms with Crippen LogP contribution >= 0.6 is 0 Å². The highest BCUT2D eigenvalue weighted by Gasteiger charge is 2.36. The fraction of sp³-hybridized carbons (Fsp3) is 0.588. The lowest BCUT2D eigenvalue weighted by molar-refractivity contribution is -0.130. The van der Waals surface area contributed by atoms with E-state index in [1.807, 2.05) is 18.2 Å². The smallest absolute Gasteiger partial charge is 0.259 e. The maximum absolute atomic E-state index is 11.7. The highest BCUT2D eigenvalue weighted by atomic mass is 16.5. The van der Waals surface area contributed by atoms with E-state index in [4.69, 9.17) is 9.47 Å². The van der Waals surface area contributed by atoms with Gasteiger partial charge in [0, 0.05) is 51.9 Å². The van der Waals surface area contributed by atoms with Crippen LogP contribution in [0.15, 0.2) is 24.3 Å². The van der Waals surface area contributed by atoms with Gasteiger partial charge < -0.3 is 19.7 Å². The van der Waals surface area contributed by atoms with Crippen molar-refractivity contribution in [3.05, 3.63) is 29.8 Å². The normalized spacial score (nSPS) is 24.3. The second-order valence-corrected chi connectivity index (χ2v) is 6.29. The van der Waals surface area contributed by atoms with Gasteiger partial charge in [0.1, 0.15) is 5.75 Å². The van der Waals surface area contributed by atoms with Crippen LogP contribution < -0.4 is 10.1 Å². The van der Waals surface area contributed by atoms with Crippen molar-refractivity contribution in [1.82, 2.24) is 15.1 Å². The van der Waals surface area contributed by atoms with E-state index in [0.29, 0.717) is 6.04 Å². The molecule has 2 aliphatic heterocycles. The van der Waals surface area contributed by atoms with E-state index in [-0.39, 0.29) is 18.6 Å². The third kappa shape index (κ3) is 3.83. The van der Waals surface area contributed by atoms with Gasteiger partial charge in [-0.25, -0.2) is 0 Å². The number of hydrogen-bond acceptors (Lipinski definition) is 5. The van der Waals surface area contributed by atoms with Crippen LogP contribution in [0.5, 0.6) is 5.75 Å². The lowest BCUT2D eigenvalue weighted by Gasteiger charge is -2.37. The summed E-state index contributed by atoms with van der Waals surface area (Å²) in [4.78, 5) is 15.7. The van der Waals surface area contributed by atoms with Crippen molar-refractivity contribution in [3.63, 3.8) is 0 Å². The molecule has 0 aromatic heterocycles. The summed E-state index contributed by atoms with van der Waals surface area (Å²) in [7, 11) is 3.47. The van der Waals surface area contributed by atoms with Crippen LogP contribution in [-0.2, 0) is 16.1 Å². The van der Waals surface area contributed by atoms with Crippen LogP contribution in [0.3, 0.4) is 0 Å². The summed E-state index contributed by atoms with van der Waals surface area (Å²) in [5.74, 6) is 0.753. The average Bonchev–Trinajstić information content (AvgIpc) is 3.03. The minimum Gasteiger partial charge on any atom is -0.483 e. The monoisotopic (exact) mass is 319 g/mol. The number of para-hydroxylation sites is 1. The lowest BCUT2D eigenvalue weighted by atomic mass is 10.1. The number of hydrogen-bond donors (Lipinski definition) is 1. The topological polar surface area (TPSA) is 54.0 Å². The number of carbonyl (C=O) groups excluding carboxylic acids is 1. The molecule has 2 fully saturated rings. The molecule has 2 aliphatic rings. The van der Waals surface area contributed by atoms with Gasteiger partial charge in [-0.3, -0.25) is 9.69 Å². The molecule has 2 atom stereocenters. The minimum absolute atomic E-state index is 0.0359. The first-order valence-corrected chi connectivity index (χ1v) is 8.12. The lowest BCUT2D eigenvalue weighted by Crippen LogP contribution is -2.50.